The highest BCUT2D eigenvalue weighted by Crippen LogP contribution is 2.20. The molecule has 1 heteroatoms. The van der Waals surface area contributed by atoms with Gasteiger partial charge in [-0.1, -0.05) is 43.0 Å². The Morgan fingerprint density at radius 1 is 0.842 bits per heavy atom. The lowest BCUT2D eigenvalue weighted by atomic mass is 10.0. The fourth-order valence-corrected chi connectivity index (χ4v) is 1.77. The maximum absolute atomic E-state index is 8.77. The Labute approximate surface area is 114 Å². The fourth-order valence-electron chi connectivity index (χ4n) is 1.77. The van der Waals surface area contributed by atoms with Gasteiger partial charge < -0.3 is 0 Å². The topological polar surface area (TPSA) is 23.8 Å². The Morgan fingerprint density at radius 2 is 1.37 bits per heavy atom. The van der Waals surface area contributed by atoms with E-state index >= 15 is 0 Å². The van der Waals surface area contributed by atoms with Gasteiger partial charge in [0, 0.05) is 12.0 Å². The van der Waals surface area contributed by atoms with Crippen LogP contribution in [0.5, 0.6) is 0 Å². The lowest BCUT2D eigenvalue weighted by Gasteiger charge is -2.01. The van der Waals surface area contributed by atoms with Crippen molar-refractivity contribution in [3.8, 4) is 29.0 Å². The van der Waals surface area contributed by atoms with E-state index in [1.165, 1.54) is 0 Å². The maximum atomic E-state index is 8.77. The van der Waals surface area contributed by atoms with E-state index in [4.69, 9.17) is 5.26 Å². The molecular formula is C18H15N. The molecule has 0 atom stereocenters. The molecule has 0 aliphatic carbocycles. The molecule has 0 saturated carbocycles. The normalized spacial score (nSPS) is 9.26. The molecule has 0 spiro atoms. The minimum absolute atomic E-state index is 0.686. The van der Waals surface area contributed by atoms with Crippen molar-refractivity contribution >= 4 is 0 Å². The van der Waals surface area contributed by atoms with Crippen LogP contribution < -0.4 is 0 Å². The molecule has 2 aromatic rings. The predicted molar refractivity (Wildman–Crippen MR) is 78.4 cm³/mol. The molecule has 2 rings (SSSR count). The first-order valence-corrected chi connectivity index (χ1v) is 6.43. The number of unbranched alkanes of at least 4 members (excludes halogenated alkanes) is 1. The van der Waals surface area contributed by atoms with Crippen LogP contribution in [0.1, 0.15) is 30.9 Å². The van der Waals surface area contributed by atoms with E-state index in [1.54, 1.807) is 0 Å². The summed E-state index contributed by atoms with van der Waals surface area (Å²) in [5.41, 5.74) is 3.99. The first kappa shape index (κ1) is 12.9. The Kier molecular flexibility index (Phi) is 4.38. The molecule has 19 heavy (non-hydrogen) atoms. The van der Waals surface area contributed by atoms with Gasteiger partial charge in [-0.3, -0.25) is 0 Å². The van der Waals surface area contributed by atoms with Crippen LogP contribution in [0, 0.1) is 23.2 Å². The van der Waals surface area contributed by atoms with Gasteiger partial charge in [0.2, 0.25) is 0 Å². The number of benzene rings is 2. The zero-order valence-corrected chi connectivity index (χ0v) is 11.0. The van der Waals surface area contributed by atoms with Crippen LogP contribution in [0.3, 0.4) is 0 Å². The molecule has 0 aliphatic rings. The van der Waals surface area contributed by atoms with Crippen LogP contribution in [-0.2, 0) is 0 Å². The first-order valence-electron chi connectivity index (χ1n) is 6.43. The quantitative estimate of drug-likeness (QED) is 0.720. The third-order valence-corrected chi connectivity index (χ3v) is 2.84. The fraction of sp³-hybridized carbons (Fsp3) is 0.167. The van der Waals surface area contributed by atoms with Crippen molar-refractivity contribution in [1.82, 2.24) is 0 Å². The minimum Gasteiger partial charge on any atom is -0.192 e. The van der Waals surface area contributed by atoms with Crippen LogP contribution in [0.15, 0.2) is 48.5 Å². The molecule has 1 nitrogen and oxygen atoms in total. The summed E-state index contributed by atoms with van der Waals surface area (Å²) in [6, 6.07) is 17.9. The van der Waals surface area contributed by atoms with Crippen molar-refractivity contribution in [2.45, 2.75) is 19.8 Å². The Balaban J connectivity index is 2.18. The van der Waals surface area contributed by atoms with E-state index in [1.807, 2.05) is 36.4 Å². The second-order valence-electron chi connectivity index (χ2n) is 4.32. The van der Waals surface area contributed by atoms with Gasteiger partial charge in [0.05, 0.1) is 11.6 Å². The van der Waals surface area contributed by atoms with Crippen molar-refractivity contribution in [3.63, 3.8) is 0 Å². The van der Waals surface area contributed by atoms with E-state index < -0.39 is 0 Å². The number of hydrogen-bond acceptors (Lipinski definition) is 1. The second kappa shape index (κ2) is 6.43. The third-order valence-electron chi connectivity index (χ3n) is 2.84. The molecule has 0 fully saturated rings. The van der Waals surface area contributed by atoms with E-state index in [0.717, 1.165) is 29.5 Å². The molecule has 2 aromatic carbocycles. The number of hydrogen-bond donors (Lipinski definition) is 0. The molecule has 0 amide bonds. The largest absolute Gasteiger partial charge is 0.192 e. The van der Waals surface area contributed by atoms with Gasteiger partial charge in [0.25, 0.3) is 0 Å². The van der Waals surface area contributed by atoms with Crippen LogP contribution >= 0.6 is 0 Å². The molecule has 0 saturated heterocycles. The second-order valence-corrected chi connectivity index (χ2v) is 4.32. The standard InChI is InChI=1S/C18H15N/c1-2-3-4-5-15-6-10-17(11-7-15)18-12-8-16(14-19)9-13-18/h6-13H,2-3H2,1H3. The highest BCUT2D eigenvalue weighted by atomic mass is 14.2. The molecule has 0 aliphatic heterocycles. The first-order chi connectivity index (χ1) is 9.33. The Bertz CT molecular complexity index is 631. The van der Waals surface area contributed by atoms with E-state index in [0.29, 0.717) is 5.56 Å². The zero-order chi connectivity index (χ0) is 13.5. The summed E-state index contributed by atoms with van der Waals surface area (Å²) in [6.07, 6.45) is 2.04. The molecule has 0 bridgehead atoms. The monoisotopic (exact) mass is 245 g/mol. The summed E-state index contributed by atoms with van der Waals surface area (Å²) in [4.78, 5) is 0. The molecule has 0 N–H and O–H groups in total. The third kappa shape index (κ3) is 3.47. The number of nitriles is 1. The van der Waals surface area contributed by atoms with E-state index in [9.17, 15) is 0 Å². The number of rotatable bonds is 2. The van der Waals surface area contributed by atoms with Crippen molar-refractivity contribution in [1.29, 1.82) is 5.26 Å². The summed E-state index contributed by atoms with van der Waals surface area (Å²) < 4.78 is 0. The molecule has 0 radical (unpaired) electrons. The lowest BCUT2D eigenvalue weighted by molar-refractivity contribution is 0.983. The van der Waals surface area contributed by atoms with E-state index in [-0.39, 0.29) is 0 Å². The predicted octanol–water partition coefficient (Wildman–Crippen LogP) is 4.38. The number of nitrogens with zero attached hydrogens (tertiary/aromatic N) is 1. The summed E-state index contributed by atoms with van der Waals surface area (Å²) in [5.74, 6) is 6.29. The summed E-state index contributed by atoms with van der Waals surface area (Å²) >= 11 is 0. The van der Waals surface area contributed by atoms with Crippen molar-refractivity contribution in [3.05, 3.63) is 59.7 Å². The zero-order valence-electron chi connectivity index (χ0n) is 11.0. The smallest absolute Gasteiger partial charge is 0.0991 e. The average molecular weight is 245 g/mol. The van der Waals surface area contributed by atoms with Crippen LogP contribution in [-0.4, -0.2) is 0 Å². The highest BCUT2D eigenvalue weighted by Gasteiger charge is 1.97. The molecule has 0 aromatic heterocycles. The average Bonchev–Trinajstić information content (AvgIpc) is 2.48. The lowest BCUT2D eigenvalue weighted by Crippen LogP contribution is -1.80. The molecule has 0 heterocycles. The highest BCUT2D eigenvalue weighted by molar-refractivity contribution is 5.65. The maximum Gasteiger partial charge on any atom is 0.0991 e. The van der Waals surface area contributed by atoms with E-state index in [2.05, 4.69) is 37.0 Å². The van der Waals surface area contributed by atoms with Crippen molar-refractivity contribution in [2.75, 3.05) is 0 Å². The SMILES string of the molecule is CCCC#Cc1ccc(-c2ccc(C#N)cc2)cc1. The van der Waals surface area contributed by atoms with Crippen molar-refractivity contribution < 1.29 is 0 Å². The molecule has 0 unspecified atom stereocenters. The van der Waals surface area contributed by atoms with Crippen molar-refractivity contribution in [2.24, 2.45) is 0 Å². The summed E-state index contributed by atoms with van der Waals surface area (Å²) in [5, 5.41) is 8.77. The van der Waals surface area contributed by atoms with Crippen LogP contribution in [0.2, 0.25) is 0 Å². The van der Waals surface area contributed by atoms with Gasteiger partial charge >= 0.3 is 0 Å². The van der Waals surface area contributed by atoms with Gasteiger partial charge in [-0.25, -0.2) is 0 Å². The van der Waals surface area contributed by atoms with Gasteiger partial charge in [-0.15, -0.1) is 0 Å². The van der Waals surface area contributed by atoms with Gasteiger partial charge in [-0.05, 0) is 41.8 Å². The molecule has 92 valence electrons. The Hall–Kier alpha value is -2.51. The van der Waals surface area contributed by atoms with Crippen LogP contribution in [0.25, 0.3) is 11.1 Å². The van der Waals surface area contributed by atoms with Gasteiger partial charge in [0.15, 0.2) is 0 Å². The minimum atomic E-state index is 0.686. The summed E-state index contributed by atoms with van der Waals surface area (Å²) in [6.45, 7) is 2.13. The summed E-state index contributed by atoms with van der Waals surface area (Å²) in [7, 11) is 0. The van der Waals surface area contributed by atoms with Gasteiger partial charge in [0.1, 0.15) is 0 Å². The van der Waals surface area contributed by atoms with Gasteiger partial charge in [-0.2, -0.15) is 5.26 Å². The Morgan fingerprint density at radius 3 is 1.84 bits per heavy atom. The molecular weight excluding hydrogens is 230 g/mol. The van der Waals surface area contributed by atoms with Crippen LogP contribution in [0.4, 0.5) is 0 Å².